The molecule has 5 heteroatoms. The molecule has 0 aliphatic carbocycles. The van der Waals surface area contributed by atoms with Gasteiger partial charge in [-0.1, -0.05) is 54.6 Å². The fourth-order valence-corrected chi connectivity index (χ4v) is 2.67. The van der Waals surface area contributed by atoms with E-state index in [0.717, 1.165) is 12.0 Å². The van der Waals surface area contributed by atoms with E-state index in [2.05, 4.69) is 5.32 Å². The maximum atomic E-state index is 12.7. The maximum absolute atomic E-state index is 12.7. The first-order chi connectivity index (χ1) is 13.1. The fourth-order valence-electron chi connectivity index (χ4n) is 2.67. The predicted molar refractivity (Wildman–Crippen MR) is 103 cm³/mol. The summed E-state index contributed by atoms with van der Waals surface area (Å²) in [6, 6.07) is 23.1. The van der Waals surface area contributed by atoms with Gasteiger partial charge in [0.15, 0.2) is 0 Å². The zero-order valence-corrected chi connectivity index (χ0v) is 14.6. The summed E-state index contributed by atoms with van der Waals surface area (Å²) >= 11 is 0. The maximum Gasteiger partial charge on any atom is 0.337 e. The Hall–Kier alpha value is -3.60. The highest BCUT2D eigenvalue weighted by Gasteiger charge is 2.16. The van der Waals surface area contributed by atoms with Gasteiger partial charge in [-0.15, -0.1) is 0 Å². The number of ether oxygens (including phenoxy) is 1. The average molecular weight is 361 g/mol. The van der Waals surface area contributed by atoms with Gasteiger partial charge in [0.05, 0.1) is 23.4 Å². The molecule has 5 nitrogen and oxygen atoms in total. The second-order valence-electron chi connectivity index (χ2n) is 5.89. The van der Waals surface area contributed by atoms with Crippen molar-refractivity contribution in [2.24, 2.45) is 0 Å². The van der Waals surface area contributed by atoms with Crippen molar-refractivity contribution in [3.8, 4) is 5.75 Å². The van der Waals surface area contributed by atoms with E-state index in [1.807, 2.05) is 30.3 Å². The molecule has 0 heterocycles. The Labute approximate surface area is 157 Å². The summed E-state index contributed by atoms with van der Waals surface area (Å²) in [6.07, 6.45) is 0.721. The summed E-state index contributed by atoms with van der Waals surface area (Å²) in [7, 11) is 0. The van der Waals surface area contributed by atoms with Gasteiger partial charge in [0.1, 0.15) is 5.75 Å². The Bertz CT molecular complexity index is 938. The molecule has 0 bridgehead atoms. The largest absolute Gasteiger partial charge is 0.492 e. The second kappa shape index (κ2) is 8.67. The standard InChI is InChI=1S/C22H19NO4/c24-21(23-19-12-6-4-10-17(19)22(25)26)18-11-5-7-13-20(18)27-15-14-16-8-2-1-3-9-16/h1-13H,14-15H2,(H,23,24)(H,25,26). The van der Waals surface area contributed by atoms with Crippen LogP contribution in [-0.2, 0) is 6.42 Å². The first-order valence-corrected chi connectivity index (χ1v) is 8.54. The monoisotopic (exact) mass is 361 g/mol. The van der Waals surface area contributed by atoms with Crippen molar-refractivity contribution >= 4 is 17.6 Å². The molecule has 0 radical (unpaired) electrons. The minimum atomic E-state index is -1.10. The number of benzene rings is 3. The van der Waals surface area contributed by atoms with E-state index in [-0.39, 0.29) is 11.3 Å². The van der Waals surface area contributed by atoms with Gasteiger partial charge in [0.2, 0.25) is 0 Å². The molecule has 2 N–H and O–H groups in total. The summed E-state index contributed by atoms with van der Waals surface area (Å²) < 4.78 is 5.80. The highest BCUT2D eigenvalue weighted by molar-refractivity contribution is 6.09. The number of carbonyl (C=O) groups excluding carboxylic acids is 1. The number of carboxylic acids is 1. The number of carboxylic acid groups (broad SMARTS) is 1. The Morgan fingerprint density at radius 3 is 2.19 bits per heavy atom. The molecule has 0 atom stereocenters. The fraction of sp³-hybridized carbons (Fsp3) is 0.0909. The van der Waals surface area contributed by atoms with Crippen molar-refractivity contribution in [1.29, 1.82) is 0 Å². The van der Waals surface area contributed by atoms with E-state index >= 15 is 0 Å². The van der Waals surface area contributed by atoms with Crippen molar-refractivity contribution in [2.45, 2.75) is 6.42 Å². The number of aromatic carboxylic acids is 1. The molecule has 136 valence electrons. The number of rotatable bonds is 7. The van der Waals surface area contributed by atoms with E-state index in [1.54, 1.807) is 42.5 Å². The third-order valence-electron chi connectivity index (χ3n) is 4.03. The van der Waals surface area contributed by atoms with Crippen LogP contribution in [-0.4, -0.2) is 23.6 Å². The van der Waals surface area contributed by atoms with Crippen LogP contribution in [0.5, 0.6) is 5.75 Å². The van der Waals surface area contributed by atoms with Crippen LogP contribution in [0.3, 0.4) is 0 Å². The van der Waals surface area contributed by atoms with Crippen LogP contribution in [0.2, 0.25) is 0 Å². The molecule has 0 fully saturated rings. The highest BCUT2D eigenvalue weighted by Crippen LogP contribution is 2.22. The van der Waals surface area contributed by atoms with Gasteiger partial charge in [-0.25, -0.2) is 4.79 Å². The van der Waals surface area contributed by atoms with Crippen molar-refractivity contribution in [1.82, 2.24) is 0 Å². The van der Waals surface area contributed by atoms with E-state index in [0.29, 0.717) is 17.9 Å². The van der Waals surface area contributed by atoms with Gasteiger partial charge < -0.3 is 15.2 Å². The molecule has 0 saturated heterocycles. The topological polar surface area (TPSA) is 75.6 Å². The summed E-state index contributed by atoms with van der Waals surface area (Å²) in [5.41, 5.74) is 1.78. The van der Waals surface area contributed by atoms with E-state index < -0.39 is 11.9 Å². The highest BCUT2D eigenvalue weighted by atomic mass is 16.5. The molecule has 0 saturated carbocycles. The Morgan fingerprint density at radius 2 is 1.44 bits per heavy atom. The Morgan fingerprint density at radius 1 is 0.815 bits per heavy atom. The number of amides is 1. The van der Waals surface area contributed by atoms with Crippen LogP contribution < -0.4 is 10.1 Å². The van der Waals surface area contributed by atoms with Gasteiger partial charge >= 0.3 is 5.97 Å². The van der Waals surface area contributed by atoms with E-state index in [9.17, 15) is 14.7 Å². The third kappa shape index (κ3) is 4.73. The Kier molecular flexibility index (Phi) is 5.84. The number of hydrogen-bond acceptors (Lipinski definition) is 3. The molecule has 0 spiro atoms. The average Bonchev–Trinajstić information content (AvgIpc) is 2.69. The van der Waals surface area contributed by atoms with Gasteiger partial charge in [-0.3, -0.25) is 4.79 Å². The number of hydrogen-bond donors (Lipinski definition) is 2. The minimum absolute atomic E-state index is 0.0355. The van der Waals surface area contributed by atoms with E-state index in [4.69, 9.17) is 4.74 Å². The van der Waals surface area contributed by atoms with Crippen LogP contribution in [0, 0.1) is 0 Å². The number of carbonyl (C=O) groups is 2. The zero-order valence-electron chi connectivity index (χ0n) is 14.6. The summed E-state index contributed by atoms with van der Waals surface area (Å²) in [5.74, 6) is -1.06. The molecule has 0 unspecified atom stereocenters. The zero-order chi connectivity index (χ0) is 19.1. The molecular weight excluding hydrogens is 342 g/mol. The molecule has 0 aliphatic heterocycles. The summed E-state index contributed by atoms with van der Waals surface area (Å²) in [5, 5.41) is 11.9. The summed E-state index contributed by atoms with van der Waals surface area (Å²) in [6.45, 7) is 0.431. The molecule has 0 aromatic heterocycles. The first-order valence-electron chi connectivity index (χ1n) is 8.54. The normalized spacial score (nSPS) is 10.2. The van der Waals surface area contributed by atoms with Gasteiger partial charge in [-0.05, 0) is 29.8 Å². The molecule has 3 aromatic rings. The molecule has 3 aromatic carbocycles. The van der Waals surface area contributed by atoms with Crippen LogP contribution in [0.15, 0.2) is 78.9 Å². The smallest absolute Gasteiger partial charge is 0.337 e. The van der Waals surface area contributed by atoms with Crippen molar-refractivity contribution < 1.29 is 19.4 Å². The quantitative estimate of drug-likeness (QED) is 0.659. The number of nitrogens with one attached hydrogen (secondary N) is 1. The van der Waals surface area contributed by atoms with Crippen LogP contribution in [0.25, 0.3) is 0 Å². The lowest BCUT2D eigenvalue weighted by Crippen LogP contribution is -2.16. The predicted octanol–water partition coefficient (Wildman–Crippen LogP) is 4.26. The lowest BCUT2D eigenvalue weighted by atomic mass is 10.1. The van der Waals surface area contributed by atoms with Crippen molar-refractivity contribution in [3.63, 3.8) is 0 Å². The second-order valence-corrected chi connectivity index (χ2v) is 5.89. The third-order valence-corrected chi connectivity index (χ3v) is 4.03. The van der Waals surface area contributed by atoms with Crippen molar-refractivity contribution in [3.05, 3.63) is 95.6 Å². The molecule has 1 amide bonds. The molecule has 0 aliphatic rings. The lowest BCUT2D eigenvalue weighted by Gasteiger charge is -2.13. The van der Waals surface area contributed by atoms with Crippen molar-refractivity contribution in [2.75, 3.05) is 11.9 Å². The minimum Gasteiger partial charge on any atom is -0.492 e. The summed E-state index contributed by atoms with van der Waals surface area (Å²) in [4.78, 5) is 24.0. The first kappa shape index (κ1) is 18.2. The Balaban J connectivity index is 1.71. The molecular formula is C22H19NO4. The van der Waals surface area contributed by atoms with E-state index in [1.165, 1.54) is 6.07 Å². The van der Waals surface area contributed by atoms with Crippen LogP contribution in [0.1, 0.15) is 26.3 Å². The SMILES string of the molecule is O=C(O)c1ccccc1NC(=O)c1ccccc1OCCc1ccccc1. The number of anilines is 1. The van der Waals surface area contributed by atoms with Crippen LogP contribution >= 0.6 is 0 Å². The molecule has 27 heavy (non-hydrogen) atoms. The van der Waals surface area contributed by atoms with Crippen LogP contribution in [0.4, 0.5) is 5.69 Å². The number of para-hydroxylation sites is 2. The lowest BCUT2D eigenvalue weighted by molar-refractivity contribution is 0.0698. The molecule has 3 rings (SSSR count). The van der Waals surface area contributed by atoms with Gasteiger partial charge in [-0.2, -0.15) is 0 Å². The van der Waals surface area contributed by atoms with Gasteiger partial charge in [0, 0.05) is 6.42 Å². The van der Waals surface area contributed by atoms with Gasteiger partial charge in [0.25, 0.3) is 5.91 Å².